The van der Waals surface area contributed by atoms with E-state index in [2.05, 4.69) is 43.5 Å². The Morgan fingerprint density at radius 1 is 0.848 bits per heavy atom. The van der Waals surface area contributed by atoms with Crippen LogP contribution in [0.5, 0.6) is 5.75 Å². The van der Waals surface area contributed by atoms with Gasteiger partial charge >= 0.3 is 6.03 Å². The van der Waals surface area contributed by atoms with E-state index in [1.165, 1.54) is 66.1 Å². The molecule has 346 valence electrons. The van der Waals surface area contributed by atoms with Crippen molar-refractivity contribution in [3.63, 3.8) is 0 Å². The van der Waals surface area contributed by atoms with E-state index in [9.17, 15) is 14.4 Å². The van der Waals surface area contributed by atoms with Crippen molar-refractivity contribution in [2.45, 2.75) is 120 Å². The molecule has 66 heavy (non-hydrogen) atoms. The van der Waals surface area contributed by atoms with Crippen LogP contribution in [0, 0.1) is 5.92 Å². The number of rotatable bonds is 5. The lowest BCUT2D eigenvalue weighted by molar-refractivity contribution is -0.132. The third-order valence-electron chi connectivity index (χ3n) is 16.9. The number of nitrogens with zero attached hydrogens (tertiary/aromatic N) is 9. The second-order valence-electron chi connectivity index (χ2n) is 21.6. The number of benzene rings is 2. The van der Waals surface area contributed by atoms with Crippen molar-refractivity contribution in [2.75, 3.05) is 68.8 Å². The molecule has 5 aliphatic heterocycles. The molecule has 2 aliphatic carbocycles. The van der Waals surface area contributed by atoms with Crippen LogP contribution in [0.4, 0.5) is 16.3 Å². The first-order chi connectivity index (χ1) is 31.9. The number of amides is 3. The lowest BCUT2D eigenvalue weighted by Crippen LogP contribution is -2.59. The maximum Gasteiger partial charge on any atom is 0.332 e. The number of imidazole rings is 1. The van der Waals surface area contributed by atoms with Gasteiger partial charge in [0.1, 0.15) is 11.6 Å². The minimum absolute atomic E-state index is 0.0157. The quantitative estimate of drug-likeness (QED) is 0.172. The molecule has 2 spiro atoms. The summed E-state index contributed by atoms with van der Waals surface area (Å²) >= 11 is 6.64. The Balaban J connectivity index is 0.660. The van der Waals surface area contributed by atoms with Crippen LogP contribution in [-0.4, -0.2) is 116 Å². The molecule has 5 aromatic rings. The number of carbonyl (C=O) groups excluding carboxylic acids is 2. The number of fused-ring (bicyclic) bond motifs is 11. The van der Waals surface area contributed by atoms with Crippen LogP contribution in [0.1, 0.15) is 115 Å². The molecule has 8 heterocycles. The molecule has 5 fully saturated rings. The van der Waals surface area contributed by atoms with Gasteiger partial charge in [-0.15, -0.1) is 0 Å². The van der Waals surface area contributed by atoms with E-state index in [0.717, 1.165) is 106 Å². The standard InChI is InChI=1S/C52H62ClN9O4/c1-50(2,3)62-43(63)17-23-60(49(62)65)42-31-54-46-45-38(16-22-59(42)46)51(33-66-45)20-24-56(25-21-51)32-34-10-12-35(13-11-34)57-26-28-58(29-27-57)36-14-15-37-41(30-36)61-40-9-7-8-39(53)44(40)47(64)55-48(61)52(37)18-5-4-6-19-52/h7-9,14-16,22,30-31,34-35H,4-6,10-13,17-21,23-29,32-33H2,1-3H3. The summed E-state index contributed by atoms with van der Waals surface area (Å²) in [5, 5.41) is 0.984. The van der Waals surface area contributed by atoms with Gasteiger partial charge in [0.05, 0.1) is 39.8 Å². The second kappa shape index (κ2) is 15.8. The normalized spacial score (nSPS) is 24.4. The molecule has 12 rings (SSSR count). The van der Waals surface area contributed by atoms with Crippen LogP contribution in [0.25, 0.3) is 22.2 Å². The monoisotopic (exact) mass is 911 g/mol. The number of piperazine rings is 1. The molecule has 7 aliphatic rings. The predicted molar refractivity (Wildman–Crippen MR) is 258 cm³/mol. The average molecular weight is 913 g/mol. The molecule has 13 nitrogen and oxygen atoms in total. The van der Waals surface area contributed by atoms with Crippen LogP contribution < -0.4 is 20.1 Å². The lowest BCUT2D eigenvalue weighted by Gasteiger charge is -2.44. The molecule has 0 unspecified atom stereocenters. The Bertz CT molecular complexity index is 2820. The molecule has 3 saturated heterocycles. The summed E-state index contributed by atoms with van der Waals surface area (Å²) in [6.45, 7) is 14.2. The molecule has 2 saturated carbocycles. The molecule has 14 heteroatoms. The van der Waals surface area contributed by atoms with Crippen molar-refractivity contribution >= 4 is 51.6 Å². The molecule has 0 atom stereocenters. The van der Waals surface area contributed by atoms with Gasteiger partial charge in [0.15, 0.2) is 11.4 Å². The number of hydrogen-bond donors (Lipinski definition) is 0. The lowest BCUT2D eigenvalue weighted by atomic mass is 9.70. The van der Waals surface area contributed by atoms with Gasteiger partial charge in [0.25, 0.3) is 5.56 Å². The van der Waals surface area contributed by atoms with Crippen molar-refractivity contribution in [3.8, 4) is 11.4 Å². The smallest absolute Gasteiger partial charge is 0.332 e. The fourth-order valence-electron chi connectivity index (χ4n) is 13.4. The summed E-state index contributed by atoms with van der Waals surface area (Å²) in [4.78, 5) is 60.5. The number of carbonyl (C=O) groups is 2. The van der Waals surface area contributed by atoms with Crippen molar-refractivity contribution in [1.29, 1.82) is 0 Å². The van der Waals surface area contributed by atoms with Crippen LogP contribution in [0.15, 0.2) is 59.7 Å². The Kier molecular flexibility index (Phi) is 10.1. The number of likely N-dealkylation sites (tertiary alicyclic amines) is 1. The number of aromatic nitrogens is 4. The third kappa shape index (κ3) is 6.64. The highest BCUT2D eigenvalue weighted by molar-refractivity contribution is 6.35. The van der Waals surface area contributed by atoms with Gasteiger partial charge in [0.2, 0.25) is 5.91 Å². The first kappa shape index (κ1) is 42.4. The van der Waals surface area contributed by atoms with E-state index in [-0.39, 0.29) is 34.7 Å². The Labute approximate surface area is 391 Å². The van der Waals surface area contributed by atoms with E-state index in [1.54, 1.807) is 17.2 Å². The summed E-state index contributed by atoms with van der Waals surface area (Å²) < 4.78 is 10.7. The molecule has 0 bridgehead atoms. The van der Waals surface area contributed by atoms with Crippen molar-refractivity contribution in [3.05, 3.63) is 87.2 Å². The van der Waals surface area contributed by atoms with Gasteiger partial charge in [0, 0.05) is 80.1 Å². The minimum Gasteiger partial charge on any atom is -0.488 e. The highest BCUT2D eigenvalue weighted by Crippen LogP contribution is 2.53. The molecular formula is C52H62ClN9O4. The summed E-state index contributed by atoms with van der Waals surface area (Å²) in [5.74, 6) is 3.02. The third-order valence-corrected chi connectivity index (χ3v) is 17.2. The van der Waals surface area contributed by atoms with Gasteiger partial charge in [-0.1, -0.05) is 43.0 Å². The molecular weight excluding hydrogens is 850 g/mol. The van der Waals surface area contributed by atoms with Crippen LogP contribution in [-0.2, 0) is 15.6 Å². The van der Waals surface area contributed by atoms with E-state index < -0.39 is 5.54 Å². The van der Waals surface area contributed by atoms with E-state index >= 15 is 0 Å². The fraction of sp³-hybridized carbons (Fsp3) is 0.558. The topological polar surface area (TPSA) is 112 Å². The summed E-state index contributed by atoms with van der Waals surface area (Å²) in [5.41, 5.74) is 5.54. The maximum absolute atomic E-state index is 13.6. The molecule has 0 radical (unpaired) electrons. The van der Waals surface area contributed by atoms with Crippen molar-refractivity contribution < 1.29 is 14.3 Å². The number of piperidine rings is 1. The highest BCUT2D eigenvalue weighted by atomic mass is 35.5. The van der Waals surface area contributed by atoms with Crippen LogP contribution >= 0.6 is 11.6 Å². The van der Waals surface area contributed by atoms with Gasteiger partial charge in [-0.2, -0.15) is 4.98 Å². The number of hydrogen-bond acceptors (Lipinski definition) is 9. The maximum atomic E-state index is 13.6. The number of halogens is 1. The molecule has 3 aromatic heterocycles. The van der Waals surface area contributed by atoms with Gasteiger partial charge in [-0.05, 0) is 127 Å². The Morgan fingerprint density at radius 2 is 1.62 bits per heavy atom. The van der Waals surface area contributed by atoms with Gasteiger partial charge in [-0.3, -0.25) is 33.3 Å². The first-order valence-electron chi connectivity index (χ1n) is 24.8. The Hall–Kier alpha value is -4.98. The summed E-state index contributed by atoms with van der Waals surface area (Å²) in [6, 6.07) is 15.4. The Morgan fingerprint density at radius 3 is 2.38 bits per heavy atom. The van der Waals surface area contributed by atoms with Crippen LogP contribution in [0.3, 0.4) is 0 Å². The number of urea groups is 1. The van der Waals surface area contributed by atoms with Crippen LogP contribution in [0.2, 0.25) is 5.02 Å². The zero-order valence-electron chi connectivity index (χ0n) is 38.7. The zero-order chi connectivity index (χ0) is 45.1. The second-order valence-corrected chi connectivity index (χ2v) is 22.0. The first-order valence-corrected chi connectivity index (χ1v) is 25.2. The minimum atomic E-state index is -0.605. The van der Waals surface area contributed by atoms with E-state index in [1.807, 2.05) is 43.5 Å². The number of ether oxygens (including phenoxy) is 1. The molecule has 2 aromatic carbocycles. The SMILES string of the molecule is CC(C)(C)N1C(=O)CCN(c2cnc3c4c(ccn23)C2(CCN(CC3CCC(N5CCN(c6ccc7c(c6)-n6c(nc(=O)c8c(Cl)cccc86)C76CCCCC6)CC5)CC3)CC2)CO4)C1=O. The van der Waals surface area contributed by atoms with Crippen molar-refractivity contribution in [2.24, 2.45) is 5.92 Å². The number of pyridine rings is 1. The fourth-order valence-corrected chi connectivity index (χ4v) is 13.7. The van der Waals surface area contributed by atoms with E-state index in [0.29, 0.717) is 35.4 Å². The molecule has 0 N–H and O–H groups in total. The average Bonchev–Trinajstić information content (AvgIpc) is 3.98. The molecule has 3 amide bonds. The van der Waals surface area contributed by atoms with Gasteiger partial charge in [-0.25, -0.2) is 9.78 Å². The van der Waals surface area contributed by atoms with E-state index in [4.69, 9.17) is 26.3 Å². The summed E-state index contributed by atoms with van der Waals surface area (Å²) in [6.07, 6.45) is 16.9. The van der Waals surface area contributed by atoms with Crippen molar-refractivity contribution in [1.82, 2.24) is 33.6 Å². The number of imide groups is 1. The largest absolute Gasteiger partial charge is 0.488 e. The highest BCUT2D eigenvalue weighted by Gasteiger charge is 2.48. The zero-order valence-corrected chi connectivity index (χ0v) is 39.5. The number of anilines is 2. The predicted octanol–water partition coefficient (Wildman–Crippen LogP) is 8.31. The summed E-state index contributed by atoms with van der Waals surface area (Å²) in [7, 11) is 0. The van der Waals surface area contributed by atoms with Gasteiger partial charge < -0.3 is 14.5 Å².